The zero-order valence-electron chi connectivity index (χ0n) is 9.30. The Labute approximate surface area is 90.6 Å². The van der Waals surface area contributed by atoms with E-state index in [1.807, 2.05) is 6.92 Å². The van der Waals surface area contributed by atoms with E-state index in [-0.39, 0.29) is 18.4 Å². The summed E-state index contributed by atoms with van der Waals surface area (Å²) in [4.78, 5) is 22.0. The number of carbonyl (C=O) groups excluding carboxylic acids is 2. The summed E-state index contributed by atoms with van der Waals surface area (Å²) in [5.74, 6) is 4.82. The summed E-state index contributed by atoms with van der Waals surface area (Å²) in [6.07, 6.45) is 2.23. The Morgan fingerprint density at radius 3 is 2.60 bits per heavy atom. The highest BCUT2D eigenvalue weighted by molar-refractivity contribution is 5.85. The fourth-order valence-electron chi connectivity index (χ4n) is 1.22. The normalized spacial score (nSPS) is 11.1. The number of hydrogen-bond acceptors (Lipinski definition) is 2. The molecule has 0 fully saturated rings. The molecule has 3 N–H and O–H groups in total. The van der Waals surface area contributed by atoms with Crippen LogP contribution in [0.4, 0.5) is 0 Å². The summed E-state index contributed by atoms with van der Waals surface area (Å²) in [5, 5.41) is 2.49. The average Bonchev–Trinajstić information content (AvgIpc) is 2.20. The summed E-state index contributed by atoms with van der Waals surface area (Å²) >= 11 is 0. The lowest BCUT2D eigenvalue weighted by Gasteiger charge is -2.12. The number of nitrogens with one attached hydrogen (secondary N) is 1. The average molecular weight is 210 g/mol. The molecule has 4 heteroatoms. The highest BCUT2D eigenvalue weighted by Crippen LogP contribution is 2.10. The maximum absolute atomic E-state index is 11.6. The van der Waals surface area contributed by atoms with Crippen LogP contribution in [0.25, 0.3) is 0 Å². The van der Waals surface area contributed by atoms with Crippen LogP contribution in [0.15, 0.2) is 0 Å². The molecule has 0 aromatic carbocycles. The minimum absolute atomic E-state index is 0.0986. The molecule has 0 spiro atoms. The lowest BCUT2D eigenvalue weighted by atomic mass is 9.99. The van der Waals surface area contributed by atoms with Gasteiger partial charge in [-0.05, 0) is 13.3 Å². The van der Waals surface area contributed by atoms with Gasteiger partial charge in [-0.3, -0.25) is 9.59 Å². The predicted octanol–water partition coefficient (Wildman–Crippen LogP) is 0.418. The van der Waals surface area contributed by atoms with Crippen LogP contribution in [0.5, 0.6) is 0 Å². The zero-order chi connectivity index (χ0) is 11.7. The van der Waals surface area contributed by atoms with Gasteiger partial charge in [-0.2, -0.15) is 0 Å². The van der Waals surface area contributed by atoms with Crippen LogP contribution in [0.3, 0.4) is 0 Å². The molecular weight excluding hydrogens is 192 g/mol. The Morgan fingerprint density at radius 1 is 1.47 bits per heavy atom. The minimum atomic E-state index is -0.528. The van der Waals surface area contributed by atoms with Crippen LogP contribution < -0.4 is 11.1 Å². The monoisotopic (exact) mass is 210 g/mol. The topological polar surface area (TPSA) is 72.2 Å². The van der Waals surface area contributed by atoms with Crippen molar-refractivity contribution >= 4 is 11.8 Å². The lowest BCUT2D eigenvalue weighted by Crippen LogP contribution is -2.37. The molecule has 2 amide bonds. The standard InChI is InChI=1S/C11H18N2O2/c1-3-5-7-9(6-4-2)11(15)13-8-10(12)14/h9H,4,6-8H2,1-2H3,(H2,12,14)(H,13,15)/t9-/m1/s1. The molecule has 0 rings (SSSR count). The largest absolute Gasteiger partial charge is 0.368 e. The van der Waals surface area contributed by atoms with Gasteiger partial charge in [0.25, 0.3) is 0 Å². The molecule has 84 valence electrons. The number of primary amides is 1. The van der Waals surface area contributed by atoms with Gasteiger partial charge in [0.2, 0.25) is 11.8 Å². The molecule has 1 atom stereocenters. The highest BCUT2D eigenvalue weighted by atomic mass is 16.2. The van der Waals surface area contributed by atoms with Crippen molar-refractivity contribution in [2.24, 2.45) is 11.7 Å². The van der Waals surface area contributed by atoms with E-state index in [0.29, 0.717) is 6.42 Å². The second kappa shape index (κ2) is 7.86. The van der Waals surface area contributed by atoms with Crippen molar-refractivity contribution < 1.29 is 9.59 Å². The lowest BCUT2D eigenvalue weighted by molar-refractivity contribution is -0.127. The molecule has 0 aliphatic carbocycles. The van der Waals surface area contributed by atoms with Gasteiger partial charge in [0.15, 0.2) is 0 Å². The first-order valence-corrected chi connectivity index (χ1v) is 5.07. The number of amides is 2. The van der Waals surface area contributed by atoms with Crippen molar-refractivity contribution in [3.8, 4) is 11.8 Å². The molecule has 0 bridgehead atoms. The minimum Gasteiger partial charge on any atom is -0.368 e. The smallest absolute Gasteiger partial charge is 0.236 e. The quantitative estimate of drug-likeness (QED) is 0.623. The molecule has 0 saturated carbocycles. The van der Waals surface area contributed by atoms with Crippen molar-refractivity contribution in [1.29, 1.82) is 0 Å². The molecule has 0 saturated heterocycles. The molecule has 0 heterocycles. The molecular formula is C11H18N2O2. The molecule has 15 heavy (non-hydrogen) atoms. The van der Waals surface area contributed by atoms with Crippen molar-refractivity contribution in [3.63, 3.8) is 0 Å². The van der Waals surface area contributed by atoms with Crippen LogP contribution in [0.2, 0.25) is 0 Å². The predicted molar refractivity (Wildman–Crippen MR) is 58.7 cm³/mol. The summed E-state index contributed by atoms with van der Waals surface area (Å²) < 4.78 is 0. The van der Waals surface area contributed by atoms with Crippen LogP contribution in [-0.4, -0.2) is 18.4 Å². The Morgan fingerprint density at radius 2 is 2.13 bits per heavy atom. The van der Waals surface area contributed by atoms with E-state index in [1.54, 1.807) is 6.92 Å². The number of rotatable bonds is 6. The van der Waals surface area contributed by atoms with Gasteiger partial charge < -0.3 is 11.1 Å². The van der Waals surface area contributed by atoms with Crippen molar-refractivity contribution in [2.45, 2.75) is 33.1 Å². The van der Waals surface area contributed by atoms with Gasteiger partial charge in [0, 0.05) is 12.3 Å². The summed E-state index contributed by atoms with van der Waals surface area (Å²) in [6.45, 7) is 3.65. The van der Waals surface area contributed by atoms with Crippen LogP contribution in [0, 0.1) is 17.8 Å². The van der Waals surface area contributed by atoms with Gasteiger partial charge in [-0.15, -0.1) is 11.8 Å². The van der Waals surface area contributed by atoms with Gasteiger partial charge in [-0.25, -0.2) is 0 Å². The molecule has 0 aromatic heterocycles. The molecule has 4 nitrogen and oxygen atoms in total. The fraction of sp³-hybridized carbons (Fsp3) is 0.636. The summed E-state index contributed by atoms with van der Waals surface area (Å²) in [7, 11) is 0. The maximum Gasteiger partial charge on any atom is 0.236 e. The second-order valence-electron chi connectivity index (χ2n) is 3.30. The third-order valence-electron chi connectivity index (χ3n) is 1.97. The third kappa shape index (κ3) is 6.55. The first-order valence-electron chi connectivity index (χ1n) is 5.07. The second-order valence-corrected chi connectivity index (χ2v) is 3.30. The SMILES string of the molecule is CC#CC[C@@H](CCC)C(=O)NCC(N)=O. The van der Waals surface area contributed by atoms with E-state index >= 15 is 0 Å². The van der Waals surface area contributed by atoms with Crippen LogP contribution in [0.1, 0.15) is 33.1 Å². The van der Waals surface area contributed by atoms with E-state index in [0.717, 1.165) is 12.8 Å². The first-order chi connectivity index (χ1) is 7.11. The van der Waals surface area contributed by atoms with E-state index in [1.165, 1.54) is 0 Å². The van der Waals surface area contributed by atoms with Crippen LogP contribution in [-0.2, 0) is 9.59 Å². The van der Waals surface area contributed by atoms with E-state index in [9.17, 15) is 9.59 Å². The third-order valence-corrected chi connectivity index (χ3v) is 1.97. The first kappa shape index (κ1) is 13.5. The van der Waals surface area contributed by atoms with E-state index in [4.69, 9.17) is 5.73 Å². The molecule has 0 unspecified atom stereocenters. The molecule has 0 aromatic rings. The summed E-state index contributed by atoms with van der Waals surface area (Å²) in [6, 6.07) is 0. The molecule has 0 radical (unpaired) electrons. The van der Waals surface area contributed by atoms with E-state index < -0.39 is 5.91 Å². The van der Waals surface area contributed by atoms with Gasteiger partial charge >= 0.3 is 0 Å². The van der Waals surface area contributed by atoms with Gasteiger partial charge in [0.05, 0.1) is 6.54 Å². The fourth-order valence-corrected chi connectivity index (χ4v) is 1.22. The molecule has 0 aliphatic rings. The maximum atomic E-state index is 11.6. The Kier molecular flexibility index (Phi) is 7.08. The Balaban J connectivity index is 4.13. The zero-order valence-corrected chi connectivity index (χ0v) is 9.30. The van der Waals surface area contributed by atoms with Crippen LogP contribution >= 0.6 is 0 Å². The van der Waals surface area contributed by atoms with Crippen molar-refractivity contribution in [3.05, 3.63) is 0 Å². The summed E-state index contributed by atoms with van der Waals surface area (Å²) in [5.41, 5.74) is 4.93. The Bertz CT molecular complexity index is 276. The number of nitrogens with two attached hydrogens (primary N) is 1. The number of carbonyl (C=O) groups is 2. The van der Waals surface area contributed by atoms with Crippen molar-refractivity contribution in [1.82, 2.24) is 5.32 Å². The van der Waals surface area contributed by atoms with Gasteiger partial charge in [-0.1, -0.05) is 13.3 Å². The van der Waals surface area contributed by atoms with E-state index in [2.05, 4.69) is 17.2 Å². The highest BCUT2D eigenvalue weighted by Gasteiger charge is 2.16. The number of hydrogen-bond donors (Lipinski definition) is 2. The Hall–Kier alpha value is -1.50. The molecule has 0 aliphatic heterocycles. The van der Waals surface area contributed by atoms with Gasteiger partial charge in [0.1, 0.15) is 0 Å². The van der Waals surface area contributed by atoms with Crippen molar-refractivity contribution in [2.75, 3.05) is 6.54 Å².